The van der Waals surface area contributed by atoms with E-state index in [0.29, 0.717) is 11.1 Å². The SMILES string of the molecule is CC(C)(C)c1cc(C=Nc2ccccc2)c(O)c(C=Nc2ccccc2)c1. The highest BCUT2D eigenvalue weighted by molar-refractivity contribution is 5.94. The van der Waals surface area contributed by atoms with Gasteiger partial charge in [0.25, 0.3) is 0 Å². The minimum atomic E-state index is -0.0572. The maximum absolute atomic E-state index is 10.8. The minimum Gasteiger partial charge on any atom is -0.507 e. The molecule has 3 heteroatoms. The molecule has 0 aromatic heterocycles. The van der Waals surface area contributed by atoms with E-state index in [1.807, 2.05) is 72.8 Å². The van der Waals surface area contributed by atoms with E-state index in [0.717, 1.165) is 16.9 Å². The van der Waals surface area contributed by atoms with Crippen LogP contribution < -0.4 is 0 Å². The summed E-state index contributed by atoms with van der Waals surface area (Å²) >= 11 is 0. The van der Waals surface area contributed by atoms with E-state index < -0.39 is 0 Å². The Morgan fingerprint density at radius 3 is 1.48 bits per heavy atom. The molecule has 0 unspecified atom stereocenters. The summed E-state index contributed by atoms with van der Waals surface area (Å²) in [5.74, 6) is 0.183. The molecule has 0 bridgehead atoms. The number of rotatable bonds is 4. The van der Waals surface area contributed by atoms with E-state index in [1.165, 1.54) is 0 Å². The van der Waals surface area contributed by atoms with Gasteiger partial charge >= 0.3 is 0 Å². The highest BCUT2D eigenvalue weighted by atomic mass is 16.3. The van der Waals surface area contributed by atoms with Crippen molar-refractivity contribution >= 4 is 23.8 Å². The van der Waals surface area contributed by atoms with E-state index in [4.69, 9.17) is 0 Å². The highest BCUT2D eigenvalue weighted by Gasteiger charge is 2.17. The van der Waals surface area contributed by atoms with Crippen molar-refractivity contribution in [1.82, 2.24) is 0 Å². The predicted molar refractivity (Wildman–Crippen MR) is 114 cm³/mol. The molecular formula is C24H24N2O. The summed E-state index contributed by atoms with van der Waals surface area (Å²) in [6.07, 6.45) is 3.42. The molecule has 3 aromatic rings. The maximum atomic E-state index is 10.8. The lowest BCUT2D eigenvalue weighted by molar-refractivity contribution is 0.472. The zero-order chi connectivity index (χ0) is 19.3. The van der Waals surface area contributed by atoms with E-state index in [1.54, 1.807) is 12.4 Å². The van der Waals surface area contributed by atoms with Crippen LogP contribution in [0.15, 0.2) is 82.8 Å². The van der Waals surface area contributed by atoms with Gasteiger partial charge in [-0.1, -0.05) is 57.2 Å². The normalized spacial score (nSPS) is 12.1. The molecule has 27 heavy (non-hydrogen) atoms. The van der Waals surface area contributed by atoms with Crippen LogP contribution in [0.1, 0.15) is 37.5 Å². The first kappa shape index (κ1) is 18.6. The molecule has 0 aliphatic heterocycles. The second-order valence-electron chi connectivity index (χ2n) is 7.44. The lowest BCUT2D eigenvalue weighted by atomic mass is 9.85. The quantitative estimate of drug-likeness (QED) is 0.556. The van der Waals surface area contributed by atoms with Crippen LogP contribution in [0.2, 0.25) is 0 Å². The summed E-state index contributed by atoms with van der Waals surface area (Å²) < 4.78 is 0. The second-order valence-corrected chi connectivity index (χ2v) is 7.44. The monoisotopic (exact) mass is 356 g/mol. The molecule has 3 nitrogen and oxygen atoms in total. The average Bonchev–Trinajstić information content (AvgIpc) is 2.67. The largest absolute Gasteiger partial charge is 0.507 e. The molecule has 0 fully saturated rings. The first-order chi connectivity index (χ1) is 12.9. The number of nitrogens with zero attached hydrogens (tertiary/aromatic N) is 2. The first-order valence-electron chi connectivity index (χ1n) is 8.99. The molecule has 0 heterocycles. The Hall–Kier alpha value is -3.20. The smallest absolute Gasteiger partial charge is 0.133 e. The van der Waals surface area contributed by atoms with E-state index in [9.17, 15) is 5.11 Å². The van der Waals surface area contributed by atoms with Gasteiger partial charge in [0.05, 0.1) is 11.4 Å². The van der Waals surface area contributed by atoms with Gasteiger partial charge in [-0.15, -0.1) is 0 Å². The fourth-order valence-corrected chi connectivity index (χ4v) is 2.63. The minimum absolute atomic E-state index is 0.0572. The number of hydrogen-bond donors (Lipinski definition) is 1. The number of aromatic hydroxyl groups is 1. The third-order valence-corrected chi connectivity index (χ3v) is 4.25. The van der Waals surface area contributed by atoms with Gasteiger partial charge in [0, 0.05) is 23.6 Å². The lowest BCUT2D eigenvalue weighted by Gasteiger charge is -2.21. The van der Waals surface area contributed by atoms with Crippen LogP contribution in [-0.4, -0.2) is 17.5 Å². The van der Waals surface area contributed by atoms with Gasteiger partial charge in [-0.3, -0.25) is 9.98 Å². The van der Waals surface area contributed by atoms with Crippen LogP contribution in [0.5, 0.6) is 5.75 Å². The summed E-state index contributed by atoms with van der Waals surface area (Å²) in [4.78, 5) is 8.98. The van der Waals surface area contributed by atoms with Crippen LogP contribution in [0.4, 0.5) is 11.4 Å². The van der Waals surface area contributed by atoms with Gasteiger partial charge in [-0.25, -0.2) is 0 Å². The van der Waals surface area contributed by atoms with Gasteiger partial charge < -0.3 is 5.11 Å². The molecule has 1 N–H and O–H groups in total. The Kier molecular flexibility index (Phi) is 5.51. The summed E-state index contributed by atoms with van der Waals surface area (Å²) in [6.45, 7) is 6.45. The molecule has 3 aromatic carbocycles. The molecule has 0 amide bonds. The summed E-state index contributed by atoms with van der Waals surface area (Å²) in [5.41, 5.74) is 4.11. The van der Waals surface area contributed by atoms with Crippen molar-refractivity contribution in [2.24, 2.45) is 9.98 Å². The van der Waals surface area contributed by atoms with Crippen molar-refractivity contribution in [2.75, 3.05) is 0 Å². The molecule has 0 aliphatic carbocycles. The maximum Gasteiger partial charge on any atom is 0.133 e. The van der Waals surface area contributed by atoms with Crippen molar-refractivity contribution in [2.45, 2.75) is 26.2 Å². The molecule has 136 valence electrons. The zero-order valence-electron chi connectivity index (χ0n) is 15.9. The Bertz CT molecular complexity index is 882. The first-order valence-corrected chi connectivity index (χ1v) is 8.99. The van der Waals surface area contributed by atoms with Crippen molar-refractivity contribution < 1.29 is 5.11 Å². The standard InChI is InChI=1S/C24H24N2O/c1-24(2,3)20-14-18(16-25-21-10-6-4-7-11-21)23(27)19(15-20)17-26-22-12-8-5-9-13-22/h4-17,27H,1-3H3. The van der Waals surface area contributed by atoms with E-state index in [-0.39, 0.29) is 11.2 Å². The number of benzene rings is 3. The van der Waals surface area contributed by atoms with Crippen molar-refractivity contribution in [3.05, 3.63) is 89.5 Å². The fraction of sp³-hybridized carbons (Fsp3) is 0.167. The van der Waals surface area contributed by atoms with Gasteiger partial charge in [-0.05, 0) is 47.4 Å². The van der Waals surface area contributed by atoms with Gasteiger partial charge in [0.15, 0.2) is 0 Å². The summed E-state index contributed by atoms with van der Waals surface area (Å²) in [6, 6.07) is 23.4. The molecule has 0 spiro atoms. The predicted octanol–water partition coefficient (Wildman–Crippen LogP) is 6.19. The Morgan fingerprint density at radius 1 is 0.704 bits per heavy atom. The van der Waals surface area contributed by atoms with Crippen molar-refractivity contribution in [3.63, 3.8) is 0 Å². The molecule has 0 radical (unpaired) electrons. The number of phenols is 1. The number of phenolic OH excluding ortho intramolecular Hbond substituents is 1. The van der Waals surface area contributed by atoms with Crippen LogP contribution in [0, 0.1) is 0 Å². The van der Waals surface area contributed by atoms with Crippen LogP contribution in [-0.2, 0) is 5.41 Å². The highest BCUT2D eigenvalue weighted by Crippen LogP contribution is 2.30. The third kappa shape index (κ3) is 4.91. The molecule has 0 saturated heterocycles. The van der Waals surface area contributed by atoms with E-state index >= 15 is 0 Å². The van der Waals surface area contributed by atoms with Gasteiger partial charge in [0.2, 0.25) is 0 Å². The van der Waals surface area contributed by atoms with Crippen LogP contribution >= 0.6 is 0 Å². The Balaban J connectivity index is 2.02. The number of aliphatic imine (C=N–C) groups is 2. The van der Waals surface area contributed by atoms with Crippen LogP contribution in [0.25, 0.3) is 0 Å². The fourth-order valence-electron chi connectivity index (χ4n) is 2.63. The summed E-state index contributed by atoms with van der Waals surface area (Å²) in [7, 11) is 0. The molecule has 0 atom stereocenters. The topological polar surface area (TPSA) is 45.0 Å². The number of hydrogen-bond acceptors (Lipinski definition) is 3. The molecule has 3 rings (SSSR count). The zero-order valence-corrected chi connectivity index (χ0v) is 15.9. The third-order valence-electron chi connectivity index (χ3n) is 4.25. The lowest BCUT2D eigenvalue weighted by Crippen LogP contribution is -2.12. The molecule has 0 saturated carbocycles. The van der Waals surface area contributed by atoms with Gasteiger partial charge in [0.1, 0.15) is 5.75 Å². The average molecular weight is 356 g/mol. The molecular weight excluding hydrogens is 332 g/mol. The van der Waals surface area contributed by atoms with E-state index in [2.05, 4.69) is 30.8 Å². The summed E-state index contributed by atoms with van der Waals surface area (Å²) in [5, 5.41) is 10.8. The second kappa shape index (κ2) is 8.00. The van der Waals surface area contributed by atoms with Crippen LogP contribution in [0.3, 0.4) is 0 Å². The Morgan fingerprint density at radius 2 is 1.11 bits per heavy atom. The number of para-hydroxylation sites is 2. The van der Waals surface area contributed by atoms with Gasteiger partial charge in [-0.2, -0.15) is 0 Å². The van der Waals surface area contributed by atoms with Crippen molar-refractivity contribution in [3.8, 4) is 5.75 Å². The van der Waals surface area contributed by atoms with Crippen molar-refractivity contribution in [1.29, 1.82) is 0 Å². The molecule has 0 aliphatic rings. The Labute approximate surface area is 160 Å².